The molecule has 3 N–H and O–H groups in total. The number of nitrogens with zero attached hydrogens (tertiary/aromatic N) is 2. The molecule has 1 aromatic carbocycles. The van der Waals surface area contributed by atoms with Crippen molar-refractivity contribution >= 4 is 17.5 Å². The van der Waals surface area contributed by atoms with Gasteiger partial charge in [0.25, 0.3) is 0 Å². The Labute approximate surface area is 155 Å². The number of amides is 2. The van der Waals surface area contributed by atoms with E-state index in [-0.39, 0.29) is 23.8 Å². The number of rotatable bonds is 4. The third-order valence-electron chi connectivity index (χ3n) is 5.62. The van der Waals surface area contributed by atoms with Crippen molar-refractivity contribution in [1.82, 2.24) is 9.80 Å². The molecule has 26 heavy (non-hydrogen) atoms. The van der Waals surface area contributed by atoms with E-state index in [2.05, 4.69) is 10.2 Å². The van der Waals surface area contributed by atoms with Gasteiger partial charge in [0.15, 0.2) is 0 Å². The Morgan fingerprint density at radius 2 is 1.77 bits per heavy atom. The van der Waals surface area contributed by atoms with Crippen molar-refractivity contribution in [3.63, 3.8) is 0 Å². The van der Waals surface area contributed by atoms with Crippen LogP contribution < -0.4 is 11.1 Å². The summed E-state index contributed by atoms with van der Waals surface area (Å²) < 4.78 is 0. The molecule has 0 spiro atoms. The maximum atomic E-state index is 12.6. The zero-order valence-electron chi connectivity index (χ0n) is 15.8. The average Bonchev–Trinajstić information content (AvgIpc) is 3.05. The summed E-state index contributed by atoms with van der Waals surface area (Å²) in [4.78, 5) is 29.0. The lowest BCUT2D eigenvalue weighted by atomic mass is 10.1. The number of hydrogen-bond donors (Lipinski definition) is 2. The molecule has 1 heterocycles. The first-order valence-corrected chi connectivity index (χ1v) is 9.57. The van der Waals surface area contributed by atoms with Crippen LogP contribution in [0, 0.1) is 19.8 Å². The maximum Gasteiger partial charge on any atom is 0.238 e. The fourth-order valence-corrected chi connectivity index (χ4v) is 4.02. The van der Waals surface area contributed by atoms with E-state index in [9.17, 15) is 9.59 Å². The summed E-state index contributed by atoms with van der Waals surface area (Å²) in [5.41, 5.74) is 8.98. The van der Waals surface area contributed by atoms with E-state index < -0.39 is 0 Å². The monoisotopic (exact) mass is 358 g/mol. The Morgan fingerprint density at radius 1 is 1.12 bits per heavy atom. The highest BCUT2D eigenvalue weighted by molar-refractivity contribution is 5.93. The second-order valence-electron chi connectivity index (χ2n) is 7.69. The number of aryl methyl sites for hydroxylation is 2. The van der Waals surface area contributed by atoms with Crippen molar-refractivity contribution in [2.75, 3.05) is 38.0 Å². The predicted molar refractivity (Wildman–Crippen MR) is 103 cm³/mol. The van der Waals surface area contributed by atoms with Crippen LogP contribution in [0.15, 0.2) is 18.2 Å². The van der Waals surface area contributed by atoms with E-state index >= 15 is 0 Å². The van der Waals surface area contributed by atoms with Gasteiger partial charge >= 0.3 is 0 Å². The molecule has 0 aromatic heterocycles. The van der Waals surface area contributed by atoms with Crippen LogP contribution in [-0.4, -0.2) is 60.4 Å². The summed E-state index contributed by atoms with van der Waals surface area (Å²) in [7, 11) is 0. The van der Waals surface area contributed by atoms with E-state index in [0.717, 1.165) is 49.2 Å². The van der Waals surface area contributed by atoms with Crippen LogP contribution in [0.2, 0.25) is 0 Å². The van der Waals surface area contributed by atoms with Gasteiger partial charge in [0.05, 0.1) is 6.54 Å². The molecule has 3 rings (SSSR count). The number of anilines is 1. The highest BCUT2D eigenvalue weighted by Crippen LogP contribution is 2.26. The average molecular weight is 358 g/mol. The molecule has 1 aromatic rings. The normalized spacial score (nSPS) is 23.9. The van der Waals surface area contributed by atoms with Gasteiger partial charge in [0.2, 0.25) is 11.8 Å². The SMILES string of the molecule is Cc1cccc(C)c1NC(=O)CN1CCN(C(=O)C2CCC(N)C2)CC1. The Kier molecular flexibility index (Phi) is 5.94. The van der Waals surface area contributed by atoms with E-state index in [4.69, 9.17) is 5.73 Å². The molecule has 1 saturated heterocycles. The fraction of sp³-hybridized carbons (Fsp3) is 0.600. The van der Waals surface area contributed by atoms with E-state index in [0.29, 0.717) is 19.6 Å². The van der Waals surface area contributed by atoms with E-state index in [1.165, 1.54) is 0 Å². The minimum absolute atomic E-state index is 0.00365. The van der Waals surface area contributed by atoms with Crippen molar-refractivity contribution in [3.8, 4) is 0 Å². The van der Waals surface area contributed by atoms with Crippen LogP contribution in [0.5, 0.6) is 0 Å². The van der Waals surface area contributed by atoms with Crippen LogP contribution in [0.4, 0.5) is 5.69 Å². The number of nitrogens with two attached hydrogens (primary N) is 1. The van der Waals surface area contributed by atoms with E-state index in [1.54, 1.807) is 0 Å². The number of para-hydroxylation sites is 1. The number of nitrogens with one attached hydrogen (secondary N) is 1. The quantitative estimate of drug-likeness (QED) is 0.855. The Bertz CT molecular complexity index is 648. The molecule has 1 saturated carbocycles. The minimum atomic E-state index is 0.00365. The van der Waals surface area contributed by atoms with Crippen LogP contribution >= 0.6 is 0 Å². The molecule has 1 aliphatic carbocycles. The molecule has 6 heteroatoms. The van der Waals surface area contributed by atoms with Gasteiger partial charge in [-0.05, 0) is 44.2 Å². The Balaban J connectivity index is 1.46. The zero-order chi connectivity index (χ0) is 18.7. The third-order valence-corrected chi connectivity index (χ3v) is 5.62. The standard InChI is InChI=1S/C20H30N4O2/c1-14-4-3-5-15(2)19(14)22-18(25)13-23-8-10-24(11-9-23)20(26)16-6-7-17(21)12-16/h3-5,16-17H,6-13,21H2,1-2H3,(H,22,25). The highest BCUT2D eigenvalue weighted by Gasteiger charge is 2.32. The first-order valence-electron chi connectivity index (χ1n) is 9.57. The van der Waals surface area contributed by atoms with Gasteiger partial charge < -0.3 is 16.0 Å². The molecule has 2 amide bonds. The summed E-state index contributed by atoms with van der Waals surface area (Å²) >= 11 is 0. The van der Waals surface area contributed by atoms with Crippen molar-refractivity contribution in [2.45, 2.75) is 39.2 Å². The van der Waals surface area contributed by atoms with Crippen molar-refractivity contribution in [2.24, 2.45) is 11.7 Å². The zero-order valence-corrected chi connectivity index (χ0v) is 15.8. The van der Waals surface area contributed by atoms with Gasteiger partial charge in [0.1, 0.15) is 0 Å². The predicted octanol–water partition coefficient (Wildman–Crippen LogP) is 1.51. The lowest BCUT2D eigenvalue weighted by Crippen LogP contribution is -2.51. The number of carbonyl (C=O) groups is 2. The third kappa shape index (κ3) is 4.43. The van der Waals surface area contributed by atoms with Crippen molar-refractivity contribution in [1.29, 1.82) is 0 Å². The molecule has 2 atom stereocenters. The first kappa shape index (κ1) is 18.9. The van der Waals surface area contributed by atoms with E-state index in [1.807, 2.05) is 36.9 Å². The van der Waals surface area contributed by atoms with Crippen LogP contribution in [-0.2, 0) is 9.59 Å². The number of hydrogen-bond acceptors (Lipinski definition) is 4. The largest absolute Gasteiger partial charge is 0.340 e. The lowest BCUT2D eigenvalue weighted by molar-refractivity contribution is -0.137. The van der Waals surface area contributed by atoms with Crippen LogP contribution in [0.25, 0.3) is 0 Å². The smallest absolute Gasteiger partial charge is 0.238 e. The summed E-state index contributed by atoms with van der Waals surface area (Å²) in [6.07, 6.45) is 2.69. The summed E-state index contributed by atoms with van der Waals surface area (Å²) in [6.45, 7) is 7.24. The minimum Gasteiger partial charge on any atom is -0.340 e. The van der Waals surface area contributed by atoms with Crippen LogP contribution in [0.1, 0.15) is 30.4 Å². The molecule has 0 radical (unpaired) electrons. The van der Waals surface area contributed by atoms with Gasteiger partial charge in [0, 0.05) is 43.8 Å². The fourth-order valence-electron chi connectivity index (χ4n) is 4.02. The molecule has 142 valence electrons. The molecule has 6 nitrogen and oxygen atoms in total. The van der Waals surface area contributed by atoms with Crippen molar-refractivity contribution in [3.05, 3.63) is 29.3 Å². The van der Waals surface area contributed by atoms with Crippen LogP contribution in [0.3, 0.4) is 0 Å². The molecule has 2 aliphatic rings. The summed E-state index contributed by atoms with van der Waals surface area (Å²) in [6, 6.07) is 6.18. The maximum absolute atomic E-state index is 12.6. The molecule has 1 aliphatic heterocycles. The lowest BCUT2D eigenvalue weighted by Gasteiger charge is -2.35. The summed E-state index contributed by atoms with van der Waals surface area (Å²) in [5, 5.41) is 3.03. The second kappa shape index (κ2) is 8.18. The first-order chi connectivity index (χ1) is 12.4. The molecule has 2 unspecified atom stereocenters. The second-order valence-corrected chi connectivity index (χ2v) is 7.69. The molecular formula is C20H30N4O2. The Hall–Kier alpha value is -1.92. The highest BCUT2D eigenvalue weighted by atomic mass is 16.2. The molecule has 2 fully saturated rings. The van der Waals surface area contributed by atoms with Gasteiger partial charge in [-0.2, -0.15) is 0 Å². The molecule has 0 bridgehead atoms. The number of piperazine rings is 1. The van der Waals surface area contributed by atoms with Gasteiger partial charge in [-0.1, -0.05) is 18.2 Å². The number of carbonyl (C=O) groups excluding carboxylic acids is 2. The molecular weight excluding hydrogens is 328 g/mol. The number of benzene rings is 1. The topological polar surface area (TPSA) is 78.7 Å². The van der Waals surface area contributed by atoms with Gasteiger partial charge in [-0.15, -0.1) is 0 Å². The van der Waals surface area contributed by atoms with Gasteiger partial charge in [-0.25, -0.2) is 0 Å². The van der Waals surface area contributed by atoms with Gasteiger partial charge in [-0.3, -0.25) is 14.5 Å². The summed E-state index contributed by atoms with van der Waals surface area (Å²) in [5.74, 6) is 0.352. The van der Waals surface area contributed by atoms with Crippen molar-refractivity contribution < 1.29 is 9.59 Å². The Morgan fingerprint density at radius 3 is 2.35 bits per heavy atom.